The van der Waals surface area contributed by atoms with Gasteiger partial charge in [0.15, 0.2) is 0 Å². The number of hydrogen-bond acceptors (Lipinski definition) is 1. The zero-order valence-corrected chi connectivity index (χ0v) is 30.7. The molecule has 0 aliphatic carbocycles. The molecular formula is C54H32S. The van der Waals surface area contributed by atoms with E-state index in [-0.39, 0.29) is 0 Å². The summed E-state index contributed by atoms with van der Waals surface area (Å²) in [5, 5.41) is 15.8. The van der Waals surface area contributed by atoms with E-state index in [1.54, 1.807) is 0 Å². The van der Waals surface area contributed by atoms with Crippen LogP contribution < -0.4 is 0 Å². The highest BCUT2D eigenvalue weighted by Crippen LogP contribution is 2.51. The average Bonchev–Trinajstić information content (AvgIpc) is 3.66. The highest BCUT2D eigenvalue weighted by molar-refractivity contribution is 7.27. The minimum Gasteiger partial charge on any atom is -0.135 e. The highest BCUT2D eigenvalue weighted by atomic mass is 32.1. The van der Waals surface area contributed by atoms with Gasteiger partial charge in [-0.25, -0.2) is 0 Å². The van der Waals surface area contributed by atoms with Crippen molar-refractivity contribution in [3.05, 3.63) is 194 Å². The Balaban J connectivity index is 1.21. The molecule has 11 aromatic carbocycles. The van der Waals surface area contributed by atoms with Gasteiger partial charge in [0, 0.05) is 25.6 Å². The Kier molecular flexibility index (Phi) is 6.60. The van der Waals surface area contributed by atoms with E-state index >= 15 is 0 Å². The maximum atomic E-state index is 2.47. The minimum atomic E-state index is 1.22. The third-order valence-corrected chi connectivity index (χ3v) is 13.0. The molecule has 0 unspecified atom stereocenters. The van der Waals surface area contributed by atoms with Crippen molar-refractivity contribution >= 4 is 85.4 Å². The summed E-state index contributed by atoms with van der Waals surface area (Å²) in [6, 6.07) is 72.1. The molecule has 0 atom stereocenters. The van der Waals surface area contributed by atoms with Gasteiger partial charge in [0.25, 0.3) is 0 Å². The van der Waals surface area contributed by atoms with Crippen molar-refractivity contribution in [3.63, 3.8) is 0 Å². The van der Waals surface area contributed by atoms with Crippen LogP contribution in [0.25, 0.3) is 119 Å². The van der Waals surface area contributed by atoms with E-state index in [4.69, 9.17) is 0 Å². The van der Waals surface area contributed by atoms with Crippen LogP contribution in [0.5, 0.6) is 0 Å². The van der Waals surface area contributed by atoms with Crippen LogP contribution in [0.15, 0.2) is 194 Å². The molecule has 1 aromatic heterocycles. The molecule has 0 aliphatic rings. The summed E-state index contributed by atoms with van der Waals surface area (Å²) in [6.45, 7) is 0. The molecule has 0 saturated heterocycles. The number of rotatable bonds is 4. The standard InChI is InChI=1S/C54H32S/c1-3-15-33(16-4-1)36-29-37(34-17-5-2-6-18-34)31-38(30-36)49-39-20-7-9-22-41(39)51(42-23-10-8-21-40(42)49)47-32-35-19-13-26-45-50(35)52-43(47)25-14-27-46(52)54-53(45)44-24-11-12-28-48(44)55-54/h1-32H. The van der Waals surface area contributed by atoms with Crippen molar-refractivity contribution in [2.24, 2.45) is 0 Å². The van der Waals surface area contributed by atoms with Gasteiger partial charge in [-0.05, 0) is 123 Å². The lowest BCUT2D eigenvalue weighted by Crippen LogP contribution is -1.94. The Hall–Kier alpha value is -6.80. The first kappa shape index (κ1) is 30.6. The Bertz CT molecular complexity index is 3350. The molecule has 1 heterocycles. The van der Waals surface area contributed by atoms with E-state index in [2.05, 4.69) is 194 Å². The second-order valence-corrected chi connectivity index (χ2v) is 15.8. The topological polar surface area (TPSA) is 0 Å². The van der Waals surface area contributed by atoms with Crippen LogP contribution in [0, 0.1) is 0 Å². The quantitative estimate of drug-likeness (QED) is 0.126. The van der Waals surface area contributed by atoms with Crippen LogP contribution in [0.1, 0.15) is 0 Å². The van der Waals surface area contributed by atoms with Crippen molar-refractivity contribution in [1.29, 1.82) is 0 Å². The number of thiophene rings is 1. The highest BCUT2D eigenvalue weighted by Gasteiger charge is 2.23. The molecule has 55 heavy (non-hydrogen) atoms. The summed E-state index contributed by atoms with van der Waals surface area (Å²) in [5.41, 5.74) is 9.94. The van der Waals surface area contributed by atoms with E-state index < -0.39 is 0 Å². The predicted octanol–water partition coefficient (Wildman–Crippen LogP) is 15.9. The minimum absolute atomic E-state index is 1.22. The normalized spacial score (nSPS) is 12.0. The van der Waals surface area contributed by atoms with Gasteiger partial charge >= 0.3 is 0 Å². The molecule has 0 radical (unpaired) electrons. The zero-order chi connectivity index (χ0) is 36.0. The third-order valence-electron chi connectivity index (χ3n) is 11.7. The van der Waals surface area contributed by atoms with Gasteiger partial charge in [-0.15, -0.1) is 11.3 Å². The van der Waals surface area contributed by atoms with E-state index in [1.165, 1.54) is 119 Å². The van der Waals surface area contributed by atoms with Crippen LogP contribution >= 0.6 is 11.3 Å². The number of hydrogen-bond donors (Lipinski definition) is 0. The second kappa shape index (κ2) is 11.9. The molecule has 0 N–H and O–H groups in total. The Labute approximate surface area is 322 Å². The van der Waals surface area contributed by atoms with E-state index in [0.29, 0.717) is 0 Å². The number of fused-ring (bicyclic) bond motifs is 7. The van der Waals surface area contributed by atoms with Gasteiger partial charge in [-0.3, -0.25) is 0 Å². The summed E-state index contributed by atoms with van der Waals surface area (Å²) >= 11 is 1.93. The van der Waals surface area contributed by atoms with E-state index in [0.717, 1.165) is 0 Å². The smallest absolute Gasteiger partial charge is 0.0440 e. The maximum absolute atomic E-state index is 2.47. The van der Waals surface area contributed by atoms with Crippen LogP contribution in [0.2, 0.25) is 0 Å². The van der Waals surface area contributed by atoms with Crippen molar-refractivity contribution in [2.75, 3.05) is 0 Å². The lowest BCUT2D eigenvalue weighted by Gasteiger charge is -2.21. The van der Waals surface area contributed by atoms with E-state index in [1.807, 2.05) is 11.3 Å². The number of benzene rings is 11. The molecule has 0 nitrogen and oxygen atoms in total. The van der Waals surface area contributed by atoms with Crippen molar-refractivity contribution in [1.82, 2.24) is 0 Å². The monoisotopic (exact) mass is 712 g/mol. The lowest BCUT2D eigenvalue weighted by molar-refractivity contribution is 1.58. The zero-order valence-electron chi connectivity index (χ0n) is 29.9. The van der Waals surface area contributed by atoms with Crippen LogP contribution in [-0.2, 0) is 0 Å². The average molecular weight is 713 g/mol. The van der Waals surface area contributed by atoms with Gasteiger partial charge in [-0.1, -0.05) is 164 Å². The third kappa shape index (κ3) is 4.51. The van der Waals surface area contributed by atoms with Crippen molar-refractivity contribution in [2.45, 2.75) is 0 Å². The first-order valence-corrected chi connectivity index (χ1v) is 19.8. The molecule has 254 valence electrons. The molecular weight excluding hydrogens is 681 g/mol. The van der Waals surface area contributed by atoms with Gasteiger partial charge in [0.05, 0.1) is 0 Å². The molecule has 0 bridgehead atoms. The van der Waals surface area contributed by atoms with Gasteiger partial charge in [0.2, 0.25) is 0 Å². The molecule has 0 spiro atoms. The largest absolute Gasteiger partial charge is 0.135 e. The molecule has 0 saturated carbocycles. The van der Waals surface area contributed by atoms with Gasteiger partial charge in [-0.2, -0.15) is 0 Å². The Morgan fingerprint density at radius 1 is 0.273 bits per heavy atom. The molecule has 12 aromatic rings. The van der Waals surface area contributed by atoms with Crippen LogP contribution in [-0.4, -0.2) is 0 Å². The van der Waals surface area contributed by atoms with Crippen LogP contribution in [0.4, 0.5) is 0 Å². The summed E-state index contributed by atoms with van der Waals surface area (Å²) in [5.74, 6) is 0. The molecule has 1 heteroatoms. The lowest BCUT2D eigenvalue weighted by atomic mass is 9.82. The SMILES string of the molecule is c1ccc(-c2cc(-c3ccccc3)cc(-c3c4ccccc4c(-c4cc5cccc6c7c8ccccc8sc7c7cccc4c7c56)c4ccccc34)c2)cc1. The van der Waals surface area contributed by atoms with E-state index in [9.17, 15) is 0 Å². The summed E-state index contributed by atoms with van der Waals surface area (Å²) in [7, 11) is 0. The Morgan fingerprint density at radius 3 is 1.42 bits per heavy atom. The summed E-state index contributed by atoms with van der Waals surface area (Å²) < 4.78 is 2.72. The fraction of sp³-hybridized carbons (Fsp3) is 0. The first-order valence-electron chi connectivity index (χ1n) is 19.0. The second-order valence-electron chi connectivity index (χ2n) is 14.7. The fourth-order valence-electron chi connectivity index (χ4n) is 9.45. The van der Waals surface area contributed by atoms with Crippen LogP contribution in [0.3, 0.4) is 0 Å². The maximum Gasteiger partial charge on any atom is 0.0440 e. The van der Waals surface area contributed by atoms with Gasteiger partial charge in [0.1, 0.15) is 0 Å². The molecule has 0 fully saturated rings. The molecule has 0 aliphatic heterocycles. The Morgan fingerprint density at radius 2 is 0.764 bits per heavy atom. The summed E-state index contributed by atoms with van der Waals surface area (Å²) in [6.07, 6.45) is 0. The molecule has 0 amide bonds. The fourth-order valence-corrected chi connectivity index (χ4v) is 10.7. The predicted molar refractivity (Wildman–Crippen MR) is 240 cm³/mol. The first-order chi connectivity index (χ1) is 27.3. The molecule has 12 rings (SSSR count). The van der Waals surface area contributed by atoms with Crippen molar-refractivity contribution < 1.29 is 0 Å². The van der Waals surface area contributed by atoms with Gasteiger partial charge < -0.3 is 0 Å². The van der Waals surface area contributed by atoms with Crippen molar-refractivity contribution in [3.8, 4) is 44.5 Å². The summed E-state index contributed by atoms with van der Waals surface area (Å²) in [4.78, 5) is 0.